The van der Waals surface area contributed by atoms with Gasteiger partial charge in [-0.1, -0.05) is 30.3 Å². The van der Waals surface area contributed by atoms with Crippen LogP contribution >= 0.6 is 0 Å². The van der Waals surface area contributed by atoms with Crippen molar-refractivity contribution in [3.63, 3.8) is 0 Å². The molecule has 1 saturated heterocycles. The first-order valence-corrected chi connectivity index (χ1v) is 9.98. The van der Waals surface area contributed by atoms with Gasteiger partial charge >= 0.3 is 5.97 Å². The summed E-state index contributed by atoms with van der Waals surface area (Å²) in [5.74, 6) is 0.913. The summed E-state index contributed by atoms with van der Waals surface area (Å²) in [4.78, 5) is 20.8. The normalized spacial score (nSPS) is 15.9. The lowest BCUT2D eigenvalue weighted by Gasteiger charge is -2.33. The Morgan fingerprint density at radius 1 is 1.30 bits per heavy atom. The summed E-state index contributed by atoms with van der Waals surface area (Å²) < 4.78 is 5.14. The molecule has 2 rings (SSSR count). The van der Waals surface area contributed by atoms with Gasteiger partial charge in [0.1, 0.15) is 0 Å². The number of nitrogens with one attached hydrogen (secondary N) is 1. The van der Waals surface area contributed by atoms with E-state index in [1.165, 1.54) is 5.56 Å². The molecule has 0 bridgehead atoms. The number of aliphatic imine (C=N–C) groups is 1. The third-order valence-corrected chi connectivity index (χ3v) is 4.92. The van der Waals surface area contributed by atoms with Crippen LogP contribution in [0.1, 0.15) is 31.7 Å². The number of carbonyl (C=O) groups excluding carboxylic acids is 1. The Balaban J connectivity index is 1.65. The number of hydrogen-bond acceptors (Lipinski definition) is 4. The van der Waals surface area contributed by atoms with Crippen LogP contribution in [0.4, 0.5) is 0 Å². The number of rotatable bonds is 8. The standard InChI is InChI=1S/C21H34N4O2/c1-4-27-20(26)19-11-15-25(16-12-19)21(22-2)23-13-8-14-24(3)17-18-9-6-5-7-10-18/h5-7,9-10,19H,4,8,11-17H2,1-3H3,(H,22,23). The summed E-state index contributed by atoms with van der Waals surface area (Å²) in [7, 11) is 3.98. The molecule has 27 heavy (non-hydrogen) atoms. The fourth-order valence-electron chi connectivity index (χ4n) is 3.44. The van der Waals surface area contributed by atoms with E-state index in [9.17, 15) is 4.79 Å². The van der Waals surface area contributed by atoms with Crippen LogP contribution in [0.15, 0.2) is 35.3 Å². The quantitative estimate of drug-likeness (QED) is 0.328. The lowest BCUT2D eigenvalue weighted by molar-refractivity contribution is -0.149. The summed E-state index contributed by atoms with van der Waals surface area (Å²) >= 11 is 0. The van der Waals surface area contributed by atoms with Crippen LogP contribution in [-0.2, 0) is 16.1 Å². The number of esters is 1. The predicted molar refractivity (Wildman–Crippen MR) is 110 cm³/mol. The monoisotopic (exact) mass is 374 g/mol. The van der Waals surface area contributed by atoms with Crippen LogP contribution in [-0.4, -0.2) is 68.6 Å². The molecule has 0 atom stereocenters. The van der Waals surface area contributed by atoms with Gasteiger partial charge in [-0.3, -0.25) is 9.79 Å². The predicted octanol–water partition coefficient (Wildman–Crippen LogP) is 2.36. The molecule has 6 heteroatoms. The van der Waals surface area contributed by atoms with Crippen molar-refractivity contribution in [2.45, 2.75) is 32.7 Å². The van der Waals surface area contributed by atoms with Gasteiger partial charge in [0.15, 0.2) is 5.96 Å². The molecule has 1 aromatic carbocycles. The summed E-state index contributed by atoms with van der Waals surface area (Å²) in [5, 5.41) is 3.46. The van der Waals surface area contributed by atoms with Crippen molar-refractivity contribution >= 4 is 11.9 Å². The van der Waals surface area contributed by atoms with Crippen LogP contribution in [0.25, 0.3) is 0 Å². The molecule has 1 fully saturated rings. The van der Waals surface area contributed by atoms with Crippen molar-refractivity contribution < 1.29 is 9.53 Å². The third kappa shape index (κ3) is 7.21. The van der Waals surface area contributed by atoms with E-state index in [0.717, 1.165) is 57.9 Å². The summed E-state index contributed by atoms with van der Waals surface area (Å²) in [6.45, 7) is 6.90. The van der Waals surface area contributed by atoms with E-state index in [1.54, 1.807) is 0 Å². The Morgan fingerprint density at radius 2 is 2.00 bits per heavy atom. The number of likely N-dealkylation sites (tertiary alicyclic amines) is 1. The Hall–Kier alpha value is -2.08. The smallest absolute Gasteiger partial charge is 0.309 e. The topological polar surface area (TPSA) is 57.2 Å². The number of guanidine groups is 1. The molecule has 6 nitrogen and oxygen atoms in total. The summed E-state index contributed by atoms with van der Waals surface area (Å²) in [6, 6.07) is 10.5. The number of nitrogens with zero attached hydrogens (tertiary/aromatic N) is 3. The highest BCUT2D eigenvalue weighted by atomic mass is 16.5. The van der Waals surface area contributed by atoms with Gasteiger partial charge in [-0.05, 0) is 45.3 Å². The SMILES string of the molecule is CCOC(=O)C1CCN(C(=NC)NCCCN(C)Cc2ccccc2)CC1. The molecule has 0 aromatic heterocycles. The first kappa shape index (κ1) is 21.2. The Kier molecular flexibility index (Phi) is 9.11. The van der Waals surface area contributed by atoms with Crippen molar-refractivity contribution in [3.8, 4) is 0 Å². The van der Waals surface area contributed by atoms with Gasteiger partial charge in [0.2, 0.25) is 0 Å². The average Bonchev–Trinajstić information content (AvgIpc) is 2.69. The third-order valence-electron chi connectivity index (χ3n) is 4.92. The van der Waals surface area contributed by atoms with Gasteiger partial charge < -0.3 is 19.9 Å². The van der Waals surface area contributed by atoms with Gasteiger partial charge in [-0.15, -0.1) is 0 Å². The van der Waals surface area contributed by atoms with Crippen LogP contribution in [0.2, 0.25) is 0 Å². The molecule has 1 aliphatic heterocycles. The van der Waals surface area contributed by atoms with Crippen molar-refractivity contribution in [2.75, 3.05) is 46.9 Å². The van der Waals surface area contributed by atoms with Gasteiger partial charge in [-0.25, -0.2) is 0 Å². The zero-order chi connectivity index (χ0) is 19.5. The van der Waals surface area contributed by atoms with E-state index in [0.29, 0.717) is 6.61 Å². The van der Waals surface area contributed by atoms with Crippen molar-refractivity contribution in [1.29, 1.82) is 0 Å². The summed E-state index contributed by atoms with van der Waals surface area (Å²) in [6.07, 6.45) is 2.72. The molecular formula is C21H34N4O2. The molecule has 1 aromatic rings. The minimum atomic E-state index is -0.0541. The van der Waals surface area contributed by atoms with Crippen LogP contribution in [0.5, 0.6) is 0 Å². The summed E-state index contributed by atoms with van der Waals surface area (Å²) in [5.41, 5.74) is 1.34. The van der Waals surface area contributed by atoms with Gasteiger partial charge in [0.05, 0.1) is 12.5 Å². The highest BCUT2D eigenvalue weighted by Gasteiger charge is 2.27. The molecule has 0 amide bonds. The second-order valence-corrected chi connectivity index (χ2v) is 7.06. The lowest BCUT2D eigenvalue weighted by Crippen LogP contribution is -2.47. The molecule has 1 heterocycles. The Labute approximate surface area is 163 Å². The van der Waals surface area contributed by atoms with E-state index in [2.05, 4.69) is 57.5 Å². The zero-order valence-corrected chi connectivity index (χ0v) is 17.0. The maximum Gasteiger partial charge on any atom is 0.309 e. The number of piperidine rings is 1. The van der Waals surface area contributed by atoms with E-state index < -0.39 is 0 Å². The van der Waals surface area contributed by atoms with Crippen molar-refractivity contribution in [2.24, 2.45) is 10.9 Å². The maximum absolute atomic E-state index is 11.9. The van der Waals surface area contributed by atoms with E-state index >= 15 is 0 Å². The number of hydrogen-bond donors (Lipinski definition) is 1. The molecule has 0 radical (unpaired) electrons. The molecule has 0 unspecified atom stereocenters. The van der Waals surface area contributed by atoms with Gasteiger partial charge in [0.25, 0.3) is 0 Å². The van der Waals surface area contributed by atoms with E-state index in [1.807, 2.05) is 14.0 Å². The second kappa shape index (κ2) is 11.6. The number of ether oxygens (including phenoxy) is 1. The maximum atomic E-state index is 11.9. The molecule has 0 aliphatic carbocycles. The molecular weight excluding hydrogens is 340 g/mol. The van der Waals surface area contributed by atoms with E-state index in [-0.39, 0.29) is 11.9 Å². The largest absolute Gasteiger partial charge is 0.466 e. The van der Waals surface area contributed by atoms with Crippen LogP contribution in [0, 0.1) is 5.92 Å². The fourth-order valence-corrected chi connectivity index (χ4v) is 3.44. The average molecular weight is 375 g/mol. The van der Waals surface area contributed by atoms with E-state index in [4.69, 9.17) is 4.74 Å². The first-order chi connectivity index (χ1) is 13.1. The minimum Gasteiger partial charge on any atom is -0.466 e. The molecule has 0 saturated carbocycles. The Bertz CT molecular complexity index is 583. The lowest BCUT2D eigenvalue weighted by atomic mass is 9.97. The Morgan fingerprint density at radius 3 is 2.63 bits per heavy atom. The number of benzene rings is 1. The zero-order valence-electron chi connectivity index (χ0n) is 17.0. The molecule has 1 aliphatic rings. The van der Waals surface area contributed by atoms with Gasteiger partial charge in [-0.2, -0.15) is 0 Å². The second-order valence-electron chi connectivity index (χ2n) is 7.06. The van der Waals surface area contributed by atoms with Crippen LogP contribution in [0.3, 0.4) is 0 Å². The first-order valence-electron chi connectivity index (χ1n) is 9.98. The highest BCUT2D eigenvalue weighted by Crippen LogP contribution is 2.18. The van der Waals surface area contributed by atoms with Gasteiger partial charge in [0, 0.05) is 33.2 Å². The minimum absolute atomic E-state index is 0.0333. The van der Waals surface area contributed by atoms with Crippen LogP contribution < -0.4 is 5.32 Å². The molecule has 0 spiro atoms. The van der Waals surface area contributed by atoms with Crippen molar-refractivity contribution in [1.82, 2.24) is 15.1 Å². The highest BCUT2D eigenvalue weighted by molar-refractivity contribution is 5.80. The number of carbonyl (C=O) groups is 1. The van der Waals surface area contributed by atoms with Crippen molar-refractivity contribution in [3.05, 3.63) is 35.9 Å². The molecule has 1 N–H and O–H groups in total. The fraction of sp³-hybridized carbons (Fsp3) is 0.619. The molecule has 150 valence electrons.